The molecule has 0 spiro atoms. The molecule has 4 nitrogen and oxygen atoms in total. The summed E-state index contributed by atoms with van der Waals surface area (Å²) in [6, 6.07) is 8.65. The van der Waals surface area contributed by atoms with Crippen molar-refractivity contribution in [2.45, 2.75) is 39.3 Å². The summed E-state index contributed by atoms with van der Waals surface area (Å²) in [6.45, 7) is 6.05. The Balaban J connectivity index is 1.85. The molecule has 3 rings (SSSR count). The van der Waals surface area contributed by atoms with Crippen molar-refractivity contribution in [3.05, 3.63) is 46.8 Å². The first-order chi connectivity index (χ1) is 10.2. The number of rotatable bonds is 4. The zero-order valence-corrected chi connectivity index (χ0v) is 12.9. The lowest BCUT2D eigenvalue weighted by atomic mass is 10.0. The van der Waals surface area contributed by atoms with Crippen molar-refractivity contribution < 1.29 is 9.26 Å². The number of aromatic nitrogens is 1. The van der Waals surface area contributed by atoms with E-state index in [4.69, 9.17) is 9.26 Å². The lowest BCUT2D eigenvalue weighted by Crippen LogP contribution is -2.23. The molecule has 1 atom stereocenters. The summed E-state index contributed by atoms with van der Waals surface area (Å²) in [7, 11) is 1.73. The van der Waals surface area contributed by atoms with E-state index in [1.54, 1.807) is 7.11 Å². The Hall–Kier alpha value is -1.81. The third kappa shape index (κ3) is 2.68. The third-order valence-corrected chi connectivity index (χ3v) is 4.35. The molecule has 0 radical (unpaired) electrons. The van der Waals surface area contributed by atoms with E-state index in [1.807, 2.05) is 26.0 Å². The second-order valence-electron chi connectivity index (χ2n) is 5.68. The second-order valence-corrected chi connectivity index (χ2v) is 5.68. The lowest BCUT2D eigenvalue weighted by molar-refractivity contribution is 0.242. The highest BCUT2D eigenvalue weighted by molar-refractivity contribution is 5.34. The Morgan fingerprint density at radius 2 is 2.14 bits per heavy atom. The van der Waals surface area contributed by atoms with E-state index in [-0.39, 0.29) is 0 Å². The average molecular weight is 286 g/mol. The molecule has 0 amide bonds. The molecule has 2 heterocycles. The van der Waals surface area contributed by atoms with Crippen molar-refractivity contribution in [3.63, 3.8) is 0 Å². The van der Waals surface area contributed by atoms with Gasteiger partial charge in [-0.05, 0) is 39.3 Å². The summed E-state index contributed by atoms with van der Waals surface area (Å²) >= 11 is 0. The van der Waals surface area contributed by atoms with Crippen LogP contribution in [0.3, 0.4) is 0 Å². The molecule has 1 fully saturated rings. The van der Waals surface area contributed by atoms with Crippen molar-refractivity contribution in [2.24, 2.45) is 0 Å². The van der Waals surface area contributed by atoms with Gasteiger partial charge in [0.05, 0.1) is 12.8 Å². The van der Waals surface area contributed by atoms with Crippen LogP contribution in [0.4, 0.5) is 0 Å². The maximum Gasteiger partial charge on any atom is 0.138 e. The van der Waals surface area contributed by atoms with Crippen LogP contribution in [0, 0.1) is 13.8 Å². The third-order valence-electron chi connectivity index (χ3n) is 4.35. The van der Waals surface area contributed by atoms with E-state index < -0.39 is 0 Å². The first-order valence-corrected chi connectivity index (χ1v) is 7.49. The van der Waals surface area contributed by atoms with Gasteiger partial charge in [0.25, 0.3) is 0 Å². The van der Waals surface area contributed by atoms with Crippen molar-refractivity contribution in [1.29, 1.82) is 0 Å². The van der Waals surface area contributed by atoms with Gasteiger partial charge in [-0.1, -0.05) is 23.4 Å². The van der Waals surface area contributed by atoms with E-state index in [1.165, 1.54) is 17.5 Å². The molecular formula is C17H22N2O2. The number of hydrogen-bond acceptors (Lipinski definition) is 4. The van der Waals surface area contributed by atoms with E-state index >= 15 is 0 Å². The van der Waals surface area contributed by atoms with Crippen LogP contribution in [0.25, 0.3) is 0 Å². The molecule has 0 unspecified atom stereocenters. The first-order valence-electron chi connectivity index (χ1n) is 7.49. The van der Waals surface area contributed by atoms with Gasteiger partial charge in [0.2, 0.25) is 0 Å². The molecule has 1 aromatic carbocycles. The fourth-order valence-electron chi connectivity index (χ4n) is 3.36. The number of methoxy groups -OCH3 is 1. The fraction of sp³-hybridized carbons (Fsp3) is 0.471. The predicted octanol–water partition coefficient (Wildman–Crippen LogP) is 3.64. The van der Waals surface area contributed by atoms with Gasteiger partial charge in [-0.15, -0.1) is 0 Å². The number of likely N-dealkylation sites (tertiary alicyclic amines) is 1. The molecule has 2 aromatic rings. The van der Waals surface area contributed by atoms with Crippen molar-refractivity contribution >= 4 is 0 Å². The fourth-order valence-corrected chi connectivity index (χ4v) is 3.36. The Kier molecular flexibility index (Phi) is 3.97. The van der Waals surface area contributed by atoms with Gasteiger partial charge in [0.15, 0.2) is 0 Å². The van der Waals surface area contributed by atoms with Crippen LogP contribution in [-0.4, -0.2) is 23.7 Å². The van der Waals surface area contributed by atoms with E-state index in [0.29, 0.717) is 6.04 Å². The molecule has 21 heavy (non-hydrogen) atoms. The van der Waals surface area contributed by atoms with Crippen LogP contribution in [0.5, 0.6) is 5.75 Å². The van der Waals surface area contributed by atoms with E-state index in [2.05, 4.69) is 22.2 Å². The van der Waals surface area contributed by atoms with Gasteiger partial charge in [-0.3, -0.25) is 4.90 Å². The van der Waals surface area contributed by atoms with Gasteiger partial charge in [0, 0.05) is 23.7 Å². The lowest BCUT2D eigenvalue weighted by Gasteiger charge is -2.25. The Morgan fingerprint density at radius 1 is 1.33 bits per heavy atom. The van der Waals surface area contributed by atoms with Gasteiger partial charge in [-0.2, -0.15) is 0 Å². The molecule has 0 N–H and O–H groups in total. The zero-order valence-electron chi connectivity index (χ0n) is 12.9. The number of aryl methyl sites for hydroxylation is 2. The quantitative estimate of drug-likeness (QED) is 0.860. The first kappa shape index (κ1) is 14.1. The van der Waals surface area contributed by atoms with Crippen LogP contribution in [0.2, 0.25) is 0 Å². The number of hydrogen-bond donors (Lipinski definition) is 0. The van der Waals surface area contributed by atoms with Crippen LogP contribution >= 0.6 is 0 Å². The van der Waals surface area contributed by atoms with Crippen molar-refractivity contribution in [1.82, 2.24) is 10.1 Å². The van der Waals surface area contributed by atoms with Gasteiger partial charge in [0.1, 0.15) is 11.5 Å². The smallest absolute Gasteiger partial charge is 0.138 e. The predicted molar refractivity (Wildman–Crippen MR) is 81.4 cm³/mol. The standard InChI is InChI=1S/C17H22N2O2/c1-12-17(13(2)21-18-12)15-8-6-10-19(15)11-14-7-4-5-9-16(14)20-3/h4-5,7,9,15H,6,8,10-11H2,1-3H3/t15-/m0/s1. The monoisotopic (exact) mass is 286 g/mol. The van der Waals surface area contributed by atoms with Gasteiger partial charge in [-0.25, -0.2) is 0 Å². The average Bonchev–Trinajstić information content (AvgIpc) is 3.06. The summed E-state index contributed by atoms with van der Waals surface area (Å²) in [5.74, 6) is 1.91. The van der Waals surface area contributed by atoms with Gasteiger partial charge >= 0.3 is 0 Å². The highest BCUT2D eigenvalue weighted by Gasteiger charge is 2.30. The van der Waals surface area contributed by atoms with Crippen LogP contribution in [-0.2, 0) is 6.54 Å². The number of benzene rings is 1. The number of ether oxygens (including phenoxy) is 1. The van der Waals surface area contributed by atoms with Crippen LogP contribution in [0.1, 0.15) is 41.5 Å². The largest absolute Gasteiger partial charge is 0.496 e. The molecule has 1 aliphatic rings. The zero-order chi connectivity index (χ0) is 14.8. The number of nitrogens with zero attached hydrogens (tertiary/aromatic N) is 2. The van der Waals surface area contributed by atoms with E-state index in [0.717, 1.165) is 36.7 Å². The summed E-state index contributed by atoms with van der Waals surface area (Å²) in [5, 5.41) is 4.11. The van der Waals surface area contributed by atoms with Crippen molar-refractivity contribution in [2.75, 3.05) is 13.7 Å². The summed E-state index contributed by atoms with van der Waals surface area (Å²) < 4.78 is 10.8. The maximum absolute atomic E-state index is 5.47. The highest BCUT2D eigenvalue weighted by Crippen LogP contribution is 2.37. The minimum Gasteiger partial charge on any atom is -0.496 e. The Bertz CT molecular complexity index is 602. The second kappa shape index (κ2) is 5.90. The maximum atomic E-state index is 5.47. The van der Waals surface area contributed by atoms with Crippen LogP contribution in [0.15, 0.2) is 28.8 Å². The van der Waals surface area contributed by atoms with Crippen molar-refractivity contribution in [3.8, 4) is 5.75 Å². The normalized spacial score (nSPS) is 19.1. The minimum absolute atomic E-state index is 0.404. The van der Waals surface area contributed by atoms with Crippen LogP contribution < -0.4 is 4.74 Å². The topological polar surface area (TPSA) is 38.5 Å². The molecule has 1 aliphatic heterocycles. The molecule has 112 valence electrons. The molecular weight excluding hydrogens is 264 g/mol. The SMILES string of the molecule is COc1ccccc1CN1CCC[C@H]1c1c(C)noc1C. The summed E-state index contributed by atoms with van der Waals surface area (Å²) in [5.41, 5.74) is 3.52. The Morgan fingerprint density at radius 3 is 2.86 bits per heavy atom. The summed E-state index contributed by atoms with van der Waals surface area (Å²) in [6.07, 6.45) is 2.38. The van der Waals surface area contributed by atoms with Gasteiger partial charge < -0.3 is 9.26 Å². The minimum atomic E-state index is 0.404. The highest BCUT2D eigenvalue weighted by atomic mass is 16.5. The molecule has 4 heteroatoms. The number of para-hydroxylation sites is 1. The molecule has 0 saturated carbocycles. The van der Waals surface area contributed by atoms with E-state index in [9.17, 15) is 0 Å². The molecule has 0 bridgehead atoms. The summed E-state index contributed by atoms with van der Waals surface area (Å²) in [4.78, 5) is 2.50. The molecule has 0 aliphatic carbocycles. The molecule has 1 saturated heterocycles. The Labute approximate surface area is 125 Å². The molecule has 1 aromatic heterocycles.